The fraction of sp³-hybridized carbons (Fsp3) is 0.188. The van der Waals surface area contributed by atoms with Crippen molar-refractivity contribution in [1.29, 1.82) is 0 Å². The molecule has 3 N–H and O–H groups in total. The molecule has 0 aliphatic rings. The smallest absolute Gasteiger partial charge is 0.338 e. The topological polar surface area (TPSA) is 64.3 Å². The lowest BCUT2D eigenvalue weighted by Gasteiger charge is -2.10. The number of hydrogen-bond acceptors (Lipinski definition) is 4. The van der Waals surface area contributed by atoms with Crippen molar-refractivity contribution in [1.82, 2.24) is 0 Å². The summed E-state index contributed by atoms with van der Waals surface area (Å²) >= 11 is 0. The van der Waals surface area contributed by atoms with E-state index in [4.69, 9.17) is 10.5 Å². The number of rotatable bonds is 5. The van der Waals surface area contributed by atoms with Gasteiger partial charge in [-0.2, -0.15) is 0 Å². The highest BCUT2D eigenvalue weighted by molar-refractivity contribution is 5.90. The molecule has 0 fully saturated rings. The summed E-state index contributed by atoms with van der Waals surface area (Å²) in [6.45, 7) is 2.77. The molecule has 0 aliphatic heterocycles. The van der Waals surface area contributed by atoms with E-state index in [-0.39, 0.29) is 5.97 Å². The Balaban J connectivity index is 2.05. The zero-order chi connectivity index (χ0) is 14.4. The minimum Gasteiger partial charge on any atom is -0.462 e. The van der Waals surface area contributed by atoms with Crippen molar-refractivity contribution < 1.29 is 9.53 Å². The maximum absolute atomic E-state index is 11.7. The van der Waals surface area contributed by atoms with Gasteiger partial charge in [0, 0.05) is 17.9 Å². The summed E-state index contributed by atoms with van der Waals surface area (Å²) in [5.41, 5.74) is 9.06. The fourth-order valence-electron chi connectivity index (χ4n) is 1.86. The number of anilines is 2. The Morgan fingerprint density at radius 3 is 2.75 bits per heavy atom. The standard InChI is InChI=1S/C16H18N2O2/c1-2-20-16(19)12-7-5-8-14(10-12)18-11-13-6-3-4-9-15(13)17/h3-10,18H,2,11,17H2,1H3. The van der Waals surface area contributed by atoms with Gasteiger partial charge < -0.3 is 15.8 Å². The highest BCUT2D eigenvalue weighted by atomic mass is 16.5. The van der Waals surface area contributed by atoms with Gasteiger partial charge in [0.1, 0.15) is 0 Å². The summed E-state index contributed by atoms with van der Waals surface area (Å²) in [6.07, 6.45) is 0. The molecule has 2 aromatic rings. The molecule has 4 heteroatoms. The molecule has 0 spiro atoms. The first-order chi connectivity index (χ1) is 9.70. The van der Waals surface area contributed by atoms with E-state index in [1.165, 1.54) is 0 Å². The van der Waals surface area contributed by atoms with Gasteiger partial charge in [0.15, 0.2) is 0 Å². The van der Waals surface area contributed by atoms with Crippen molar-refractivity contribution in [3.63, 3.8) is 0 Å². The van der Waals surface area contributed by atoms with Crippen LogP contribution in [0.4, 0.5) is 11.4 Å². The second kappa shape index (κ2) is 6.61. The first-order valence-corrected chi connectivity index (χ1v) is 6.55. The molecule has 0 unspecified atom stereocenters. The average Bonchev–Trinajstić information content (AvgIpc) is 2.47. The van der Waals surface area contributed by atoms with Gasteiger partial charge in [-0.15, -0.1) is 0 Å². The molecule has 0 aliphatic carbocycles. The molecule has 0 radical (unpaired) electrons. The minimum atomic E-state index is -0.310. The average molecular weight is 270 g/mol. The number of nitrogens with two attached hydrogens (primary N) is 1. The second-order valence-corrected chi connectivity index (χ2v) is 4.35. The normalized spacial score (nSPS) is 10.1. The third-order valence-electron chi connectivity index (χ3n) is 2.91. The Morgan fingerprint density at radius 2 is 2.00 bits per heavy atom. The number of nitrogen functional groups attached to an aromatic ring is 1. The molecule has 0 aromatic heterocycles. The molecule has 0 saturated carbocycles. The summed E-state index contributed by atoms with van der Waals surface area (Å²) < 4.78 is 4.98. The zero-order valence-corrected chi connectivity index (χ0v) is 11.4. The lowest BCUT2D eigenvalue weighted by Crippen LogP contribution is -2.06. The van der Waals surface area contributed by atoms with Crippen molar-refractivity contribution in [3.8, 4) is 0 Å². The van der Waals surface area contributed by atoms with E-state index in [9.17, 15) is 4.79 Å². The van der Waals surface area contributed by atoms with Gasteiger partial charge >= 0.3 is 5.97 Å². The molecule has 2 aromatic carbocycles. The van der Waals surface area contributed by atoms with Crippen molar-refractivity contribution in [2.45, 2.75) is 13.5 Å². The predicted octanol–water partition coefficient (Wildman–Crippen LogP) is 3.06. The number of para-hydroxylation sites is 1. The molecular weight excluding hydrogens is 252 g/mol. The van der Waals surface area contributed by atoms with Crippen LogP contribution in [0.3, 0.4) is 0 Å². The van der Waals surface area contributed by atoms with Crippen LogP contribution >= 0.6 is 0 Å². The predicted molar refractivity (Wildman–Crippen MR) is 80.6 cm³/mol. The van der Waals surface area contributed by atoms with Gasteiger partial charge in [0.05, 0.1) is 12.2 Å². The van der Waals surface area contributed by atoms with E-state index in [1.54, 1.807) is 19.1 Å². The summed E-state index contributed by atoms with van der Waals surface area (Å²) in [4.78, 5) is 11.7. The summed E-state index contributed by atoms with van der Waals surface area (Å²) in [5, 5.41) is 3.25. The molecule has 0 amide bonds. The number of esters is 1. The number of ether oxygens (including phenoxy) is 1. The van der Waals surface area contributed by atoms with Gasteiger partial charge in [-0.3, -0.25) is 0 Å². The van der Waals surface area contributed by atoms with Crippen molar-refractivity contribution in [3.05, 3.63) is 59.7 Å². The lowest BCUT2D eigenvalue weighted by molar-refractivity contribution is 0.0526. The van der Waals surface area contributed by atoms with E-state index in [0.29, 0.717) is 18.7 Å². The fourth-order valence-corrected chi connectivity index (χ4v) is 1.86. The third-order valence-corrected chi connectivity index (χ3v) is 2.91. The Bertz CT molecular complexity index is 597. The second-order valence-electron chi connectivity index (χ2n) is 4.35. The highest BCUT2D eigenvalue weighted by Gasteiger charge is 2.06. The van der Waals surface area contributed by atoms with Crippen LogP contribution in [-0.2, 0) is 11.3 Å². The Hall–Kier alpha value is -2.49. The minimum absolute atomic E-state index is 0.310. The van der Waals surface area contributed by atoms with Crippen LogP contribution in [0.2, 0.25) is 0 Å². The zero-order valence-electron chi connectivity index (χ0n) is 11.4. The lowest BCUT2D eigenvalue weighted by atomic mass is 10.1. The highest BCUT2D eigenvalue weighted by Crippen LogP contribution is 2.16. The number of carbonyl (C=O) groups is 1. The maximum Gasteiger partial charge on any atom is 0.338 e. The summed E-state index contributed by atoms with van der Waals surface area (Å²) in [6, 6.07) is 14.9. The van der Waals surface area contributed by atoms with Gasteiger partial charge in [-0.05, 0) is 36.8 Å². The van der Waals surface area contributed by atoms with E-state index in [0.717, 1.165) is 16.9 Å². The van der Waals surface area contributed by atoms with Gasteiger partial charge in [0.25, 0.3) is 0 Å². The quantitative estimate of drug-likeness (QED) is 0.647. The molecule has 0 saturated heterocycles. The maximum atomic E-state index is 11.7. The van der Waals surface area contributed by atoms with E-state index in [1.807, 2.05) is 36.4 Å². The van der Waals surface area contributed by atoms with Crippen LogP contribution in [0.1, 0.15) is 22.8 Å². The number of hydrogen-bond donors (Lipinski definition) is 2. The van der Waals surface area contributed by atoms with Crippen molar-refractivity contribution in [2.24, 2.45) is 0 Å². The van der Waals surface area contributed by atoms with E-state index in [2.05, 4.69) is 5.32 Å². The van der Waals surface area contributed by atoms with Gasteiger partial charge in [-0.1, -0.05) is 24.3 Å². The van der Waals surface area contributed by atoms with Crippen LogP contribution in [-0.4, -0.2) is 12.6 Å². The summed E-state index contributed by atoms with van der Waals surface area (Å²) in [7, 11) is 0. The molecule has 20 heavy (non-hydrogen) atoms. The van der Waals surface area contributed by atoms with Crippen LogP contribution in [0, 0.1) is 0 Å². The first kappa shape index (κ1) is 13.9. The molecular formula is C16H18N2O2. The van der Waals surface area contributed by atoms with E-state index >= 15 is 0 Å². The molecule has 0 heterocycles. The molecule has 0 atom stereocenters. The molecule has 4 nitrogen and oxygen atoms in total. The number of carbonyl (C=O) groups excluding carboxylic acids is 1. The number of nitrogens with one attached hydrogen (secondary N) is 1. The van der Waals surface area contributed by atoms with E-state index < -0.39 is 0 Å². The van der Waals surface area contributed by atoms with Crippen LogP contribution in [0.25, 0.3) is 0 Å². The Morgan fingerprint density at radius 1 is 1.20 bits per heavy atom. The Labute approximate surface area is 118 Å². The van der Waals surface area contributed by atoms with Gasteiger partial charge in [0.2, 0.25) is 0 Å². The van der Waals surface area contributed by atoms with Crippen LogP contribution in [0.5, 0.6) is 0 Å². The summed E-state index contributed by atoms with van der Waals surface area (Å²) in [5.74, 6) is -0.310. The molecule has 104 valence electrons. The Kier molecular flexibility index (Phi) is 4.60. The van der Waals surface area contributed by atoms with Gasteiger partial charge in [-0.25, -0.2) is 4.79 Å². The monoisotopic (exact) mass is 270 g/mol. The molecule has 2 rings (SSSR count). The first-order valence-electron chi connectivity index (χ1n) is 6.55. The third kappa shape index (κ3) is 3.51. The van der Waals surface area contributed by atoms with Crippen molar-refractivity contribution >= 4 is 17.3 Å². The van der Waals surface area contributed by atoms with Crippen molar-refractivity contribution in [2.75, 3.05) is 17.7 Å². The van der Waals surface area contributed by atoms with Crippen LogP contribution < -0.4 is 11.1 Å². The molecule has 0 bridgehead atoms. The van der Waals surface area contributed by atoms with Crippen LogP contribution in [0.15, 0.2) is 48.5 Å². The largest absolute Gasteiger partial charge is 0.462 e. The SMILES string of the molecule is CCOC(=O)c1cccc(NCc2ccccc2N)c1. The number of benzene rings is 2.